The lowest BCUT2D eigenvalue weighted by Crippen LogP contribution is -2.18. The third kappa shape index (κ3) is 3.93. The van der Waals surface area contributed by atoms with Gasteiger partial charge in [0, 0.05) is 11.1 Å². The van der Waals surface area contributed by atoms with Crippen molar-refractivity contribution in [3.63, 3.8) is 0 Å². The number of hydrogen-bond acceptors (Lipinski definition) is 2. The maximum Gasteiger partial charge on any atom is 0.0659 e. The highest BCUT2D eigenvalue weighted by Gasteiger charge is 2.09. The third-order valence-electron chi connectivity index (χ3n) is 2.20. The van der Waals surface area contributed by atoms with Crippen LogP contribution in [0.25, 0.3) is 0 Å². The van der Waals surface area contributed by atoms with Gasteiger partial charge in [-0.1, -0.05) is 35.0 Å². The molecule has 1 aromatic carbocycles. The molecule has 0 amide bonds. The number of aryl methyl sites for hydroxylation is 1. The summed E-state index contributed by atoms with van der Waals surface area (Å²) in [6.07, 6.45) is 1.03. The van der Waals surface area contributed by atoms with Crippen molar-refractivity contribution in [1.82, 2.24) is 0 Å². The van der Waals surface area contributed by atoms with Gasteiger partial charge in [-0.25, -0.2) is 0 Å². The first kappa shape index (κ1) is 12.7. The molecule has 0 saturated heterocycles. The summed E-state index contributed by atoms with van der Waals surface area (Å²) in [5, 5.41) is 0. The maximum atomic E-state index is 6.03. The fourth-order valence-corrected chi connectivity index (χ4v) is 2.16. The zero-order valence-corrected chi connectivity index (χ0v) is 10.9. The van der Waals surface area contributed by atoms with Gasteiger partial charge in [0.1, 0.15) is 0 Å². The first-order valence-corrected chi connectivity index (χ1v) is 6.03. The number of nitrogens with two attached hydrogens (primary N) is 1. The van der Waals surface area contributed by atoms with E-state index >= 15 is 0 Å². The lowest BCUT2D eigenvalue weighted by atomic mass is 10.1. The second kappa shape index (κ2) is 6.26. The van der Waals surface area contributed by atoms with Gasteiger partial charge in [0.15, 0.2) is 0 Å². The standard InChI is InChI=1S/C12H18BrNO/c1-3-6-15-8-12(14)10-5-4-9(2)7-11(10)13/h4-5,7,12H,3,6,8,14H2,1-2H3. The van der Waals surface area contributed by atoms with Crippen LogP contribution in [0.5, 0.6) is 0 Å². The summed E-state index contributed by atoms with van der Waals surface area (Å²) in [5.74, 6) is 0. The molecule has 0 aromatic heterocycles. The van der Waals surface area contributed by atoms with Gasteiger partial charge in [-0.3, -0.25) is 0 Å². The molecule has 0 bridgehead atoms. The van der Waals surface area contributed by atoms with Gasteiger partial charge < -0.3 is 10.5 Å². The SMILES string of the molecule is CCCOCC(N)c1ccc(C)cc1Br. The molecule has 2 nitrogen and oxygen atoms in total. The van der Waals surface area contributed by atoms with Crippen LogP contribution in [0.3, 0.4) is 0 Å². The molecule has 1 aromatic rings. The van der Waals surface area contributed by atoms with E-state index in [1.807, 2.05) is 0 Å². The third-order valence-corrected chi connectivity index (χ3v) is 2.89. The number of rotatable bonds is 5. The molecule has 0 aliphatic heterocycles. The molecular weight excluding hydrogens is 254 g/mol. The van der Waals surface area contributed by atoms with Crippen LogP contribution in [-0.4, -0.2) is 13.2 Å². The number of benzene rings is 1. The van der Waals surface area contributed by atoms with E-state index in [2.05, 4.69) is 48.0 Å². The monoisotopic (exact) mass is 271 g/mol. The van der Waals surface area contributed by atoms with Crippen LogP contribution < -0.4 is 5.73 Å². The molecule has 1 atom stereocenters. The van der Waals surface area contributed by atoms with Crippen molar-refractivity contribution in [3.8, 4) is 0 Å². The highest BCUT2D eigenvalue weighted by atomic mass is 79.9. The van der Waals surface area contributed by atoms with Crippen molar-refractivity contribution in [2.45, 2.75) is 26.3 Å². The molecule has 0 aliphatic carbocycles. The van der Waals surface area contributed by atoms with Gasteiger partial charge in [-0.15, -0.1) is 0 Å². The summed E-state index contributed by atoms with van der Waals surface area (Å²) in [7, 11) is 0. The van der Waals surface area contributed by atoms with Gasteiger partial charge >= 0.3 is 0 Å². The zero-order valence-electron chi connectivity index (χ0n) is 9.29. The van der Waals surface area contributed by atoms with E-state index in [9.17, 15) is 0 Å². The molecule has 0 aliphatic rings. The Morgan fingerprint density at radius 3 is 2.80 bits per heavy atom. The molecule has 3 heteroatoms. The Balaban J connectivity index is 2.61. The predicted molar refractivity (Wildman–Crippen MR) is 66.9 cm³/mol. The van der Waals surface area contributed by atoms with Crippen molar-refractivity contribution in [1.29, 1.82) is 0 Å². The second-order valence-electron chi connectivity index (χ2n) is 3.71. The molecule has 84 valence electrons. The molecule has 0 radical (unpaired) electrons. The average Bonchev–Trinajstić information content (AvgIpc) is 2.17. The van der Waals surface area contributed by atoms with Crippen LogP contribution in [0, 0.1) is 6.92 Å². The van der Waals surface area contributed by atoms with E-state index in [1.54, 1.807) is 0 Å². The predicted octanol–water partition coefficient (Wildman–Crippen LogP) is 3.18. The Hall–Kier alpha value is -0.380. The lowest BCUT2D eigenvalue weighted by Gasteiger charge is -2.14. The van der Waals surface area contributed by atoms with Crippen LogP contribution in [0.15, 0.2) is 22.7 Å². The van der Waals surface area contributed by atoms with Crippen LogP contribution in [0.1, 0.15) is 30.5 Å². The second-order valence-corrected chi connectivity index (χ2v) is 4.56. The Morgan fingerprint density at radius 1 is 1.47 bits per heavy atom. The van der Waals surface area contributed by atoms with Crippen LogP contribution in [0.2, 0.25) is 0 Å². The molecule has 2 N–H and O–H groups in total. The van der Waals surface area contributed by atoms with Gasteiger partial charge in [0.25, 0.3) is 0 Å². The molecule has 0 spiro atoms. The Morgan fingerprint density at radius 2 is 2.20 bits per heavy atom. The minimum atomic E-state index is -0.0495. The van der Waals surface area contributed by atoms with Crippen molar-refractivity contribution in [3.05, 3.63) is 33.8 Å². The van der Waals surface area contributed by atoms with E-state index in [0.717, 1.165) is 23.1 Å². The summed E-state index contributed by atoms with van der Waals surface area (Å²) >= 11 is 3.52. The van der Waals surface area contributed by atoms with E-state index in [1.165, 1.54) is 5.56 Å². The summed E-state index contributed by atoms with van der Waals surface area (Å²) < 4.78 is 6.50. The minimum absolute atomic E-state index is 0.0495. The van der Waals surface area contributed by atoms with E-state index in [0.29, 0.717) is 6.61 Å². The van der Waals surface area contributed by atoms with Crippen molar-refractivity contribution in [2.24, 2.45) is 5.73 Å². The molecule has 15 heavy (non-hydrogen) atoms. The van der Waals surface area contributed by atoms with E-state index in [4.69, 9.17) is 10.5 Å². The first-order valence-electron chi connectivity index (χ1n) is 5.24. The Bertz CT molecular complexity index is 314. The van der Waals surface area contributed by atoms with E-state index < -0.39 is 0 Å². The molecule has 1 unspecified atom stereocenters. The van der Waals surface area contributed by atoms with Crippen LogP contribution >= 0.6 is 15.9 Å². The number of hydrogen-bond donors (Lipinski definition) is 1. The van der Waals surface area contributed by atoms with Crippen molar-refractivity contribution >= 4 is 15.9 Å². The number of ether oxygens (including phenoxy) is 1. The molecular formula is C12H18BrNO. The van der Waals surface area contributed by atoms with Crippen LogP contribution in [-0.2, 0) is 4.74 Å². The van der Waals surface area contributed by atoms with Gasteiger partial charge in [-0.05, 0) is 30.5 Å². The Labute approximate surface area is 99.9 Å². The summed E-state index contributed by atoms with van der Waals surface area (Å²) in [6, 6.07) is 6.15. The Kier molecular flexibility index (Phi) is 5.29. The largest absolute Gasteiger partial charge is 0.379 e. The topological polar surface area (TPSA) is 35.2 Å². The van der Waals surface area contributed by atoms with Gasteiger partial charge in [0.05, 0.1) is 12.6 Å². The molecule has 1 rings (SSSR count). The average molecular weight is 272 g/mol. The summed E-state index contributed by atoms with van der Waals surface area (Å²) in [4.78, 5) is 0. The maximum absolute atomic E-state index is 6.03. The first-order chi connectivity index (χ1) is 7.15. The minimum Gasteiger partial charge on any atom is -0.379 e. The van der Waals surface area contributed by atoms with Crippen molar-refractivity contribution in [2.75, 3.05) is 13.2 Å². The van der Waals surface area contributed by atoms with E-state index in [-0.39, 0.29) is 6.04 Å². The number of halogens is 1. The van der Waals surface area contributed by atoms with Crippen molar-refractivity contribution < 1.29 is 4.74 Å². The fourth-order valence-electron chi connectivity index (χ4n) is 1.38. The quantitative estimate of drug-likeness (QED) is 0.835. The van der Waals surface area contributed by atoms with Gasteiger partial charge in [-0.2, -0.15) is 0 Å². The highest BCUT2D eigenvalue weighted by Crippen LogP contribution is 2.23. The molecule has 0 saturated carbocycles. The normalized spacial score (nSPS) is 12.8. The smallest absolute Gasteiger partial charge is 0.0659 e. The zero-order chi connectivity index (χ0) is 11.3. The lowest BCUT2D eigenvalue weighted by molar-refractivity contribution is 0.121. The highest BCUT2D eigenvalue weighted by molar-refractivity contribution is 9.10. The van der Waals surface area contributed by atoms with Crippen LogP contribution in [0.4, 0.5) is 0 Å². The summed E-state index contributed by atoms with van der Waals surface area (Å²) in [6.45, 7) is 5.51. The molecule has 0 fully saturated rings. The van der Waals surface area contributed by atoms with Gasteiger partial charge in [0.2, 0.25) is 0 Å². The fraction of sp³-hybridized carbons (Fsp3) is 0.500. The molecule has 0 heterocycles. The summed E-state index contributed by atoms with van der Waals surface area (Å²) in [5.41, 5.74) is 8.37.